The molecule has 3 saturated heterocycles. The van der Waals surface area contributed by atoms with E-state index in [4.69, 9.17) is 5.73 Å². The number of nitrogens with two attached hydrogens (primary N) is 1. The minimum Gasteiger partial charge on any atom is -0.477 e. The van der Waals surface area contributed by atoms with Gasteiger partial charge in [-0.05, 0) is 30.2 Å². The second-order valence-electron chi connectivity index (χ2n) is 12.5. The van der Waals surface area contributed by atoms with Gasteiger partial charge in [0.05, 0.1) is 30.7 Å². The van der Waals surface area contributed by atoms with E-state index in [2.05, 4.69) is 26.2 Å². The summed E-state index contributed by atoms with van der Waals surface area (Å²) in [5.41, 5.74) is 5.41. The van der Waals surface area contributed by atoms with Gasteiger partial charge in [0, 0.05) is 59.1 Å². The second-order valence-corrected chi connectivity index (χ2v) is 13.9. The molecular formula is C26H37N9O7S. The molecule has 5 heterocycles. The lowest BCUT2D eigenvalue weighted by atomic mass is 9.78. The van der Waals surface area contributed by atoms with Crippen LogP contribution in [-0.2, 0) is 25.7 Å². The number of hydrogen-bond donors (Lipinski definition) is 6. The summed E-state index contributed by atoms with van der Waals surface area (Å²) in [6.07, 6.45) is 1.46. The number of nitrogens with zero attached hydrogens (tertiary/aromatic N) is 6. The minimum absolute atomic E-state index is 0.0340. The summed E-state index contributed by atoms with van der Waals surface area (Å²) >= 11 is 1.39. The van der Waals surface area contributed by atoms with Crippen LogP contribution in [0.15, 0.2) is 16.9 Å². The molecule has 4 unspecified atom stereocenters. The summed E-state index contributed by atoms with van der Waals surface area (Å²) in [4.78, 5) is 55.2. The van der Waals surface area contributed by atoms with Gasteiger partial charge in [-0.3, -0.25) is 14.4 Å². The third-order valence-corrected chi connectivity index (χ3v) is 11.4. The van der Waals surface area contributed by atoms with Crippen LogP contribution in [0.5, 0.6) is 0 Å². The number of carbonyl (C=O) groups is 4. The summed E-state index contributed by atoms with van der Waals surface area (Å²) < 4.78 is 1.26. The van der Waals surface area contributed by atoms with E-state index in [0.29, 0.717) is 37.4 Å². The number of aliphatic hydroxyl groups is 2. The molecule has 17 heteroatoms. The molecule has 4 aliphatic heterocycles. The molecule has 43 heavy (non-hydrogen) atoms. The fraction of sp³-hybridized carbons (Fsp3) is 0.731. The zero-order valence-electron chi connectivity index (χ0n) is 23.9. The lowest BCUT2D eigenvalue weighted by Gasteiger charge is -2.47. The van der Waals surface area contributed by atoms with Gasteiger partial charge in [0.15, 0.2) is 0 Å². The summed E-state index contributed by atoms with van der Waals surface area (Å²) in [6, 6.07) is -1.85. The van der Waals surface area contributed by atoms with Crippen molar-refractivity contribution in [3.05, 3.63) is 16.9 Å². The number of carboxylic acid groups (broad SMARTS) is 1. The van der Waals surface area contributed by atoms with Gasteiger partial charge >= 0.3 is 5.97 Å². The Kier molecular flexibility index (Phi) is 7.73. The maximum atomic E-state index is 13.5. The molecule has 6 rings (SSSR count). The molecule has 234 valence electrons. The quantitative estimate of drug-likeness (QED) is 0.151. The number of carbonyl (C=O) groups excluding carboxylic acids is 3. The first-order chi connectivity index (χ1) is 20.5. The largest absolute Gasteiger partial charge is 0.477 e. The van der Waals surface area contributed by atoms with Crippen LogP contribution in [0.4, 0.5) is 0 Å². The number of hydrogen-bond acceptors (Lipinski definition) is 12. The molecule has 1 aliphatic carbocycles. The Morgan fingerprint density at radius 1 is 1.35 bits per heavy atom. The topological polar surface area (TPSA) is 229 Å². The number of β-lactam (4-membered cyclic amide) rings is 1. The van der Waals surface area contributed by atoms with Gasteiger partial charge in [0.25, 0.3) is 0 Å². The third kappa shape index (κ3) is 4.90. The van der Waals surface area contributed by atoms with Crippen LogP contribution in [0.25, 0.3) is 0 Å². The molecule has 1 aromatic rings. The normalized spacial score (nSPS) is 37.4. The van der Waals surface area contributed by atoms with Crippen LogP contribution in [0.2, 0.25) is 0 Å². The average molecular weight is 620 g/mol. The molecule has 7 N–H and O–H groups in total. The van der Waals surface area contributed by atoms with Crippen LogP contribution in [0.3, 0.4) is 0 Å². The van der Waals surface area contributed by atoms with E-state index in [1.54, 1.807) is 11.8 Å². The first-order valence-electron chi connectivity index (χ1n) is 14.5. The number of aliphatic hydroxyl groups excluding tert-OH is 2. The van der Waals surface area contributed by atoms with Gasteiger partial charge in [0.1, 0.15) is 18.6 Å². The van der Waals surface area contributed by atoms with Crippen LogP contribution in [0.1, 0.15) is 26.7 Å². The lowest BCUT2D eigenvalue weighted by Crippen LogP contribution is -2.66. The number of amides is 3. The van der Waals surface area contributed by atoms with Crippen molar-refractivity contribution < 1.29 is 34.5 Å². The van der Waals surface area contributed by atoms with Crippen LogP contribution < -0.4 is 16.4 Å². The summed E-state index contributed by atoms with van der Waals surface area (Å²) in [6.45, 7) is 4.52. The second kappa shape index (κ2) is 11.1. The van der Waals surface area contributed by atoms with Crippen molar-refractivity contribution in [1.82, 2.24) is 40.6 Å². The van der Waals surface area contributed by atoms with E-state index in [0.717, 1.165) is 0 Å². The van der Waals surface area contributed by atoms with Gasteiger partial charge in [-0.15, -0.1) is 16.9 Å². The fourth-order valence-corrected chi connectivity index (χ4v) is 9.31. The van der Waals surface area contributed by atoms with Crippen molar-refractivity contribution >= 4 is 35.5 Å². The van der Waals surface area contributed by atoms with Crippen LogP contribution in [0, 0.1) is 23.2 Å². The highest BCUT2D eigenvalue weighted by atomic mass is 32.2. The summed E-state index contributed by atoms with van der Waals surface area (Å²) in [5.74, 6) is -3.15. The minimum atomic E-state index is -1.19. The van der Waals surface area contributed by atoms with Crippen molar-refractivity contribution in [2.24, 2.45) is 28.9 Å². The van der Waals surface area contributed by atoms with Crippen LogP contribution in [-0.4, -0.2) is 131 Å². The number of fused-ring (bicyclic) bond motifs is 2. The van der Waals surface area contributed by atoms with Gasteiger partial charge in [-0.25, -0.2) is 9.48 Å². The Bertz CT molecular complexity index is 1340. The molecule has 10 atom stereocenters. The van der Waals surface area contributed by atoms with Crippen molar-refractivity contribution in [3.8, 4) is 0 Å². The molecular weight excluding hydrogens is 582 g/mol. The van der Waals surface area contributed by atoms with E-state index in [1.807, 2.05) is 6.92 Å². The molecule has 5 aliphatic rings. The molecule has 0 bridgehead atoms. The van der Waals surface area contributed by atoms with Gasteiger partial charge < -0.3 is 41.5 Å². The highest BCUT2D eigenvalue weighted by Crippen LogP contribution is 2.52. The zero-order valence-corrected chi connectivity index (χ0v) is 24.7. The van der Waals surface area contributed by atoms with Gasteiger partial charge in [0.2, 0.25) is 17.7 Å². The average Bonchev–Trinajstić information content (AvgIpc) is 3.77. The smallest absolute Gasteiger partial charge is 0.353 e. The number of likely N-dealkylation sites (tertiary alicyclic amines) is 1. The number of rotatable bonds is 9. The predicted molar refractivity (Wildman–Crippen MR) is 149 cm³/mol. The Labute approximate surface area is 251 Å². The van der Waals surface area contributed by atoms with Gasteiger partial charge in [-0.1, -0.05) is 6.92 Å². The zero-order chi connectivity index (χ0) is 30.8. The third-order valence-electron chi connectivity index (χ3n) is 9.93. The Morgan fingerprint density at radius 3 is 2.77 bits per heavy atom. The molecule has 0 aromatic carbocycles. The number of tetrazole rings is 1. The Hall–Kier alpha value is -3.12. The van der Waals surface area contributed by atoms with E-state index in [-0.39, 0.29) is 53.7 Å². The van der Waals surface area contributed by atoms with E-state index in [9.17, 15) is 34.5 Å². The molecule has 4 fully saturated rings. The van der Waals surface area contributed by atoms with Crippen molar-refractivity contribution in [1.29, 1.82) is 0 Å². The Morgan fingerprint density at radius 2 is 2.12 bits per heavy atom. The SMILES string of the molecule is C[C@@H](NC(=O)Cn1cnnn1)[C@H]1C(=O)N2C(C(=O)O)=C(S[C@@H]3CN[C@H](C(=O)N4CC5C(O)C(N)CC5(CO)C4)C3)[C@H](C)[C@H]12. The molecule has 1 saturated carbocycles. The van der Waals surface area contributed by atoms with E-state index in [1.165, 1.54) is 27.7 Å². The Balaban J connectivity index is 1.09. The fourth-order valence-electron chi connectivity index (χ4n) is 7.83. The van der Waals surface area contributed by atoms with Crippen molar-refractivity contribution in [2.75, 3.05) is 26.2 Å². The van der Waals surface area contributed by atoms with E-state index < -0.39 is 47.6 Å². The van der Waals surface area contributed by atoms with Crippen molar-refractivity contribution in [3.63, 3.8) is 0 Å². The monoisotopic (exact) mass is 619 g/mol. The molecule has 1 aromatic heterocycles. The number of thioether (sulfide) groups is 1. The lowest BCUT2D eigenvalue weighted by molar-refractivity contribution is -0.158. The first kappa shape index (κ1) is 29.9. The van der Waals surface area contributed by atoms with Crippen LogP contribution >= 0.6 is 11.8 Å². The van der Waals surface area contributed by atoms with E-state index >= 15 is 0 Å². The molecule has 0 spiro atoms. The maximum absolute atomic E-state index is 13.5. The molecule has 16 nitrogen and oxygen atoms in total. The molecule has 3 amide bonds. The number of carboxylic acids is 1. The number of aromatic nitrogens is 4. The summed E-state index contributed by atoms with van der Waals surface area (Å²) in [7, 11) is 0. The standard InChI is InChI=1S/C26H37N9O7S/c1-11-19-18(12(2)30-17(37)7-34-10-29-31-32-34)24(40)35(19)20(25(41)42)22(11)43-13-3-16(28-5-13)23(39)33-6-14-21(38)15(27)4-26(14,8-33)9-36/h10-16,18-19,21,28,36,38H,3-9,27H2,1-2H3,(H,30,37)(H,41,42)/t11-,12-,13+,14?,15?,16+,18-,19-,21?,26?/m1/s1. The predicted octanol–water partition coefficient (Wildman–Crippen LogP) is -3.06. The first-order valence-corrected chi connectivity index (χ1v) is 15.4. The summed E-state index contributed by atoms with van der Waals surface area (Å²) in [5, 5.41) is 47.4. The molecule has 0 radical (unpaired) electrons. The maximum Gasteiger partial charge on any atom is 0.353 e. The number of aliphatic carboxylic acids is 1. The van der Waals surface area contributed by atoms with Gasteiger partial charge in [-0.2, -0.15) is 0 Å². The highest BCUT2D eigenvalue weighted by molar-refractivity contribution is 8.03. The highest BCUT2D eigenvalue weighted by Gasteiger charge is 2.61. The van der Waals surface area contributed by atoms with Crippen molar-refractivity contribution in [2.45, 2.75) is 68.8 Å². The number of nitrogens with one attached hydrogen (secondary N) is 2.